The number of aliphatic hydroxyl groups excluding tert-OH is 1. The average molecular weight is 422 g/mol. The quantitative estimate of drug-likeness (QED) is 0.636. The third kappa shape index (κ3) is 3.62. The van der Waals surface area contributed by atoms with Crippen LogP contribution in [0.25, 0.3) is 4.96 Å². The van der Waals surface area contributed by atoms with Gasteiger partial charge in [-0.1, -0.05) is 48.1 Å². The van der Waals surface area contributed by atoms with Crippen LogP contribution in [0.2, 0.25) is 5.02 Å². The highest BCUT2D eigenvalue weighted by atomic mass is 35.5. The predicted molar refractivity (Wildman–Crippen MR) is 110 cm³/mol. The fourth-order valence-corrected chi connectivity index (χ4v) is 5.07. The zero-order valence-electron chi connectivity index (χ0n) is 15.8. The van der Waals surface area contributed by atoms with Crippen molar-refractivity contribution in [1.82, 2.24) is 24.4 Å². The molecule has 150 valence electrons. The van der Waals surface area contributed by atoms with Gasteiger partial charge in [0.05, 0.1) is 17.5 Å². The molecule has 0 bridgehead atoms. The van der Waals surface area contributed by atoms with Gasteiger partial charge in [-0.3, -0.25) is 9.80 Å². The van der Waals surface area contributed by atoms with Crippen molar-refractivity contribution in [1.29, 1.82) is 0 Å². The summed E-state index contributed by atoms with van der Waals surface area (Å²) in [5.41, 5.74) is 0.968. The Balaban J connectivity index is 1.73. The van der Waals surface area contributed by atoms with E-state index in [1.54, 1.807) is 0 Å². The Morgan fingerprint density at radius 1 is 1.21 bits per heavy atom. The molecule has 1 aliphatic rings. The Labute approximate surface area is 172 Å². The minimum absolute atomic E-state index is 0.134. The van der Waals surface area contributed by atoms with Crippen LogP contribution in [0.4, 0.5) is 0 Å². The largest absolute Gasteiger partial charge is 0.492 e. The first-order chi connectivity index (χ1) is 13.6. The van der Waals surface area contributed by atoms with E-state index in [2.05, 4.69) is 19.9 Å². The maximum absolute atomic E-state index is 10.9. The Bertz CT molecular complexity index is 951. The molecule has 1 aliphatic heterocycles. The summed E-state index contributed by atoms with van der Waals surface area (Å²) in [7, 11) is 0. The number of hydrogen-bond donors (Lipinski definition) is 2. The third-order valence-corrected chi connectivity index (χ3v) is 6.61. The number of aryl methyl sites for hydroxylation is 1. The van der Waals surface area contributed by atoms with Gasteiger partial charge in [0.2, 0.25) is 10.8 Å². The standard InChI is InChI=1S/C19H24ClN5O2S/c1-2-15-21-19-25(22-15)18(27)17(28-19)16(13-5-3-4-6-14(13)20)24-9-7-23(8-10-24)11-12-26/h3-6,16,26-27H,2,7-12H2,1H3. The second-order valence-corrected chi connectivity index (χ2v) is 8.31. The zero-order valence-corrected chi connectivity index (χ0v) is 17.3. The number of aromatic hydroxyl groups is 1. The van der Waals surface area contributed by atoms with Gasteiger partial charge in [-0.25, -0.2) is 4.98 Å². The van der Waals surface area contributed by atoms with Gasteiger partial charge in [-0.05, 0) is 11.6 Å². The van der Waals surface area contributed by atoms with Crippen LogP contribution in [0, 0.1) is 0 Å². The van der Waals surface area contributed by atoms with Crippen molar-refractivity contribution >= 4 is 27.9 Å². The van der Waals surface area contributed by atoms with Crippen LogP contribution in [0.15, 0.2) is 24.3 Å². The van der Waals surface area contributed by atoms with Gasteiger partial charge in [0.15, 0.2) is 5.82 Å². The minimum atomic E-state index is -0.163. The number of thiazole rings is 1. The smallest absolute Gasteiger partial charge is 0.230 e. The monoisotopic (exact) mass is 421 g/mol. The van der Waals surface area contributed by atoms with Crippen molar-refractivity contribution in [3.63, 3.8) is 0 Å². The lowest BCUT2D eigenvalue weighted by Crippen LogP contribution is -2.48. The first-order valence-corrected chi connectivity index (χ1v) is 10.7. The highest BCUT2D eigenvalue weighted by molar-refractivity contribution is 7.17. The van der Waals surface area contributed by atoms with Gasteiger partial charge >= 0.3 is 0 Å². The van der Waals surface area contributed by atoms with Crippen LogP contribution >= 0.6 is 22.9 Å². The molecule has 0 amide bonds. The van der Waals surface area contributed by atoms with E-state index in [0.717, 1.165) is 48.9 Å². The molecule has 1 saturated heterocycles. The number of aliphatic hydroxyl groups is 1. The number of β-amino-alcohol motifs (C(OH)–C–C–N with tert-alkyl or cyclic N) is 1. The summed E-state index contributed by atoms with van der Waals surface area (Å²) in [6.07, 6.45) is 0.726. The van der Waals surface area contributed by atoms with Gasteiger partial charge in [-0.2, -0.15) is 4.52 Å². The number of aromatic nitrogens is 3. The molecule has 2 N–H and O–H groups in total. The van der Waals surface area contributed by atoms with E-state index in [1.165, 1.54) is 15.9 Å². The molecular weight excluding hydrogens is 398 g/mol. The summed E-state index contributed by atoms with van der Waals surface area (Å²) in [6.45, 7) is 6.23. The summed E-state index contributed by atoms with van der Waals surface area (Å²) in [6, 6.07) is 7.62. The molecule has 0 spiro atoms. The van der Waals surface area contributed by atoms with Gasteiger partial charge in [0.1, 0.15) is 0 Å². The fourth-order valence-electron chi connectivity index (χ4n) is 3.71. The second kappa shape index (κ2) is 8.34. The highest BCUT2D eigenvalue weighted by Gasteiger charge is 2.32. The molecule has 28 heavy (non-hydrogen) atoms. The number of hydrogen-bond acceptors (Lipinski definition) is 7. The van der Waals surface area contributed by atoms with Crippen molar-refractivity contribution in [3.8, 4) is 5.88 Å². The van der Waals surface area contributed by atoms with E-state index in [-0.39, 0.29) is 18.5 Å². The van der Waals surface area contributed by atoms with Gasteiger partial charge in [0.25, 0.3) is 0 Å². The Morgan fingerprint density at radius 3 is 2.61 bits per heavy atom. The molecule has 3 heterocycles. The lowest BCUT2D eigenvalue weighted by atomic mass is 10.0. The Morgan fingerprint density at radius 2 is 1.96 bits per heavy atom. The maximum atomic E-state index is 10.9. The summed E-state index contributed by atoms with van der Waals surface area (Å²) < 4.78 is 1.53. The van der Waals surface area contributed by atoms with E-state index in [9.17, 15) is 10.2 Å². The zero-order chi connectivity index (χ0) is 19.7. The van der Waals surface area contributed by atoms with Crippen molar-refractivity contribution in [2.45, 2.75) is 19.4 Å². The van der Waals surface area contributed by atoms with Gasteiger partial charge < -0.3 is 10.2 Å². The fraction of sp³-hybridized carbons (Fsp3) is 0.474. The number of fused-ring (bicyclic) bond motifs is 1. The van der Waals surface area contributed by atoms with Crippen molar-refractivity contribution < 1.29 is 10.2 Å². The number of halogens is 1. The van der Waals surface area contributed by atoms with Crippen LogP contribution in [0.5, 0.6) is 5.88 Å². The molecular formula is C19H24ClN5O2S. The van der Waals surface area contributed by atoms with Gasteiger partial charge in [-0.15, -0.1) is 5.10 Å². The number of nitrogens with zero attached hydrogens (tertiary/aromatic N) is 5. The van der Waals surface area contributed by atoms with E-state index in [4.69, 9.17) is 11.6 Å². The van der Waals surface area contributed by atoms with Gasteiger partial charge in [0, 0.05) is 44.2 Å². The van der Waals surface area contributed by atoms with E-state index < -0.39 is 0 Å². The summed E-state index contributed by atoms with van der Waals surface area (Å²) in [5.74, 6) is 0.856. The van der Waals surface area contributed by atoms with E-state index >= 15 is 0 Å². The predicted octanol–water partition coefficient (Wildman–Crippen LogP) is 2.41. The van der Waals surface area contributed by atoms with Crippen LogP contribution in [-0.2, 0) is 6.42 Å². The highest BCUT2D eigenvalue weighted by Crippen LogP contribution is 2.42. The van der Waals surface area contributed by atoms with Crippen LogP contribution in [0.1, 0.15) is 29.2 Å². The van der Waals surface area contributed by atoms with Crippen LogP contribution in [-0.4, -0.2) is 73.9 Å². The molecule has 4 rings (SSSR count). The molecule has 2 aromatic heterocycles. The molecule has 1 fully saturated rings. The summed E-state index contributed by atoms with van der Waals surface area (Å²) >= 11 is 8.02. The summed E-state index contributed by atoms with van der Waals surface area (Å²) in [5, 5.41) is 25.2. The molecule has 3 aromatic rings. The Kier molecular flexibility index (Phi) is 5.84. The second-order valence-electron chi connectivity index (χ2n) is 6.89. The summed E-state index contributed by atoms with van der Waals surface area (Å²) in [4.78, 5) is 10.6. The SMILES string of the molecule is CCc1nc2sc(C(c3ccccc3Cl)N3CCN(CCO)CC3)c(O)n2n1. The Hall–Kier alpha value is -1.71. The normalized spacial score (nSPS) is 17.4. The topological polar surface area (TPSA) is 77.1 Å². The molecule has 1 aromatic carbocycles. The number of piperazine rings is 1. The average Bonchev–Trinajstić information content (AvgIpc) is 3.24. The van der Waals surface area contributed by atoms with Crippen LogP contribution < -0.4 is 0 Å². The molecule has 7 nitrogen and oxygen atoms in total. The van der Waals surface area contributed by atoms with Crippen molar-refractivity contribution in [2.24, 2.45) is 0 Å². The van der Waals surface area contributed by atoms with Crippen LogP contribution in [0.3, 0.4) is 0 Å². The van der Waals surface area contributed by atoms with Crippen molar-refractivity contribution in [2.75, 3.05) is 39.3 Å². The molecule has 0 radical (unpaired) electrons. The molecule has 0 aliphatic carbocycles. The molecule has 9 heteroatoms. The lowest BCUT2D eigenvalue weighted by molar-refractivity contribution is 0.0946. The minimum Gasteiger partial charge on any atom is -0.492 e. The third-order valence-electron chi connectivity index (χ3n) is 5.20. The maximum Gasteiger partial charge on any atom is 0.230 e. The van der Waals surface area contributed by atoms with Crippen molar-refractivity contribution in [3.05, 3.63) is 45.6 Å². The molecule has 1 atom stereocenters. The molecule has 1 unspecified atom stereocenters. The first-order valence-electron chi connectivity index (χ1n) is 9.51. The van der Waals surface area contributed by atoms with E-state index in [1.807, 2.05) is 31.2 Å². The first kappa shape index (κ1) is 19.6. The van der Waals surface area contributed by atoms with E-state index in [0.29, 0.717) is 16.5 Å². The molecule has 0 saturated carbocycles. The number of rotatable bonds is 6. The number of benzene rings is 1. The lowest BCUT2D eigenvalue weighted by Gasteiger charge is -2.39.